The standard InChI is InChI=1S/C42H72O14/c1-20(2)10-9-13-42(8,56-37-34(52)32(50)30(48)25(19-44)55-37)21-11-15-40(6)28(21)22(45)16-26-39(5)14-12-27(46)38(3,4)35(39)23(17-41(26,40)7)53-36-33(51)31(49)29(47)24(18-43)54-36/h10,21-37,43-52H,9,11-19H2,1-8H3/t21-,22+,23?,24?,25?,26+,27-,28-,29+,30+,31+,32+,33?,34?,35-,36+,37-,39+,40+,41+,42?/m0/s1. The summed E-state index contributed by atoms with van der Waals surface area (Å²) >= 11 is 0. The smallest absolute Gasteiger partial charge is 0.187 e. The van der Waals surface area contributed by atoms with Crippen LogP contribution in [0, 0.1) is 45.3 Å². The van der Waals surface area contributed by atoms with Gasteiger partial charge in [-0.05, 0) is 117 Å². The molecular weight excluding hydrogens is 728 g/mol. The SMILES string of the molecule is CC(C)=CCCC(C)(O[C@@H]1OC(CO)[C@@H](O)[C@@H](O)C1O)[C@H]1CC[C@]2(C)[C@@H]1[C@H](O)C[C@@H]1[C@@]3(C)CC[C@H](O)C(C)(C)[C@@H]3C(O[C@@H]3OC(CO)[C@@H](O)[C@@H](O)C3O)C[C@]12C. The van der Waals surface area contributed by atoms with E-state index in [0.717, 1.165) is 12.0 Å². The third kappa shape index (κ3) is 7.06. The van der Waals surface area contributed by atoms with Gasteiger partial charge in [0, 0.05) is 0 Å². The fourth-order valence-electron chi connectivity index (χ4n) is 13.5. The van der Waals surface area contributed by atoms with E-state index in [1.165, 1.54) is 0 Å². The van der Waals surface area contributed by atoms with Gasteiger partial charge in [0.15, 0.2) is 12.6 Å². The first kappa shape index (κ1) is 44.7. The zero-order chi connectivity index (χ0) is 41.5. The molecule has 56 heavy (non-hydrogen) atoms. The van der Waals surface area contributed by atoms with Gasteiger partial charge in [-0.2, -0.15) is 0 Å². The summed E-state index contributed by atoms with van der Waals surface area (Å²) in [5, 5.41) is 109. The van der Waals surface area contributed by atoms with Gasteiger partial charge in [0.05, 0.1) is 37.1 Å². The molecule has 4 aliphatic carbocycles. The van der Waals surface area contributed by atoms with Crippen molar-refractivity contribution in [2.75, 3.05) is 13.2 Å². The van der Waals surface area contributed by atoms with Crippen LogP contribution < -0.4 is 0 Å². The fourth-order valence-corrected chi connectivity index (χ4v) is 13.5. The van der Waals surface area contributed by atoms with Crippen molar-refractivity contribution in [3.05, 3.63) is 11.6 Å². The Hall–Kier alpha value is -0.820. The summed E-state index contributed by atoms with van der Waals surface area (Å²) in [6.07, 6.45) is -9.52. The zero-order valence-corrected chi connectivity index (χ0v) is 34.6. The van der Waals surface area contributed by atoms with E-state index in [-0.39, 0.29) is 23.7 Å². The number of aliphatic hydroxyl groups excluding tert-OH is 10. The van der Waals surface area contributed by atoms with Crippen molar-refractivity contribution in [3.8, 4) is 0 Å². The molecule has 6 unspecified atom stereocenters. The van der Waals surface area contributed by atoms with Crippen LogP contribution in [-0.2, 0) is 18.9 Å². The predicted octanol–water partition coefficient (Wildman–Crippen LogP) is 1.12. The van der Waals surface area contributed by atoms with Crippen LogP contribution in [0.25, 0.3) is 0 Å². The molecule has 2 heterocycles. The molecule has 6 fully saturated rings. The third-order valence-electron chi connectivity index (χ3n) is 16.6. The Morgan fingerprint density at radius 1 is 0.750 bits per heavy atom. The number of allylic oxidation sites excluding steroid dienone is 2. The Morgan fingerprint density at radius 3 is 1.89 bits per heavy atom. The topological polar surface area (TPSA) is 239 Å². The van der Waals surface area contributed by atoms with Crippen LogP contribution in [0.5, 0.6) is 0 Å². The van der Waals surface area contributed by atoms with Gasteiger partial charge in [0.25, 0.3) is 0 Å². The molecular formula is C42H72O14. The Bertz CT molecular complexity index is 1400. The van der Waals surface area contributed by atoms with Gasteiger partial charge in [0.2, 0.25) is 0 Å². The van der Waals surface area contributed by atoms with Crippen LogP contribution in [0.2, 0.25) is 0 Å². The molecule has 324 valence electrons. The first-order chi connectivity index (χ1) is 26.0. The van der Waals surface area contributed by atoms with Crippen molar-refractivity contribution in [2.24, 2.45) is 45.3 Å². The van der Waals surface area contributed by atoms with Crippen LogP contribution in [0.3, 0.4) is 0 Å². The molecule has 0 aromatic carbocycles. The Balaban J connectivity index is 1.39. The molecule has 0 spiro atoms. The lowest BCUT2D eigenvalue weighted by atomic mass is 9.34. The van der Waals surface area contributed by atoms with Crippen molar-refractivity contribution in [1.82, 2.24) is 0 Å². The van der Waals surface area contributed by atoms with Gasteiger partial charge < -0.3 is 70.0 Å². The minimum Gasteiger partial charge on any atom is -0.394 e. The molecule has 14 heteroatoms. The van der Waals surface area contributed by atoms with E-state index in [1.54, 1.807) is 0 Å². The van der Waals surface area contributed by atoms with Gasteiger partial charge in [0.1, 0.15) is 48.8 Å². The number of rotatable bonds is 10. The molecule has 0 aromatic heterocycles. The van der Waals surface area contributed by atoms with Crippen LogP contribution in [-0.4, -0.2) is 150 Å². The van der Waals surface area contributed by atoms with E-state index in [1.807, 2.05) is 34.6 Å². The lowest BCUT2D eigenvalue weighted by Crippen LogP contribution is -2.71. The maximum absolute atomic E-state index is 12.6. The molecule has 0 radical (unpaired) electrons. The van der Waals surface area contributed by atoms with Gasteiger partial charge >= 0.3 is 0 Å². The Morgan fingerprint density at radius 2 is 1.32 bits per heavy atom. The molecule has 2 saturated heterocycles. The molecule has 14 nitrogen and oxygen atoms in total. The molecule has 6 aliphatic rings. The van der Waals surface area contributed by atoms with Crippen LogP contribution in [0.4, 0.5) is 0 Å². The molecule has 0 bridgehead atoms. The van der Waals surface area contributed by atoms with Gasteiger partial charge in [-0.3, -0.25) is 0 Å². The van der Waals surface area contributed by atoms with Crippen LogP contribution in [0.15, 0.2) is 11.6 Å². The zero-order valence-electron chi connectivity index (χ0n) is 34.6. The van der Waals surface area contributed by atoms with E-state index >= 15 is 0 Å². The van der Waals surface area contributed by atoms with Crippen molar-refractivity contribution >= 4 is 0 Å². The second-order valence-corrected chi connectivity index (χ2v) is 20.2. The molecule has 4 saturated carbocycles. The largest absolute Gasteiger partial charge is 0.394 e. The lowest BCUT2D eigenvalue weighted by molar-refractivity contribution is -0.349. The molecule has 6 rings (SSSR count). The molecule has 0 aromatic rings. The number of ether oxygens (including phenoxy) is 4. The van der Waals surface area contributed by atoms with Crippen LogP contribution in [0.1, 0.15) is 107 Å². The molecule has 2 aliphatic heterocycles. The molecule has 21 atom stereocenters. The maximum atomic E-state index is 12.6. The Kier molecular flexibility index (Phi) is 12.7. The summed E-state index contributed by atoms with van der Waals surface area (Å²) in [5.41, 5.74) is -1.92. The number of aliphatic hydroxyl groups is 10. The average Bonchev–Trinajstić information content (AvgIpc) is 3.52. The van der Waals surface area contributed by atoms with Gasteiger partial charge in [-0.15, -0.1) is 0 Å². The highest BCUT2D eigenvalue weighted by molar-refractivity contribution is 5.22. The van der Waals surface area contributed by atoms with Crippen molar-refractivity contribution in [2.45, 2.75) is 192 Å². The summed E-state index contributed by atoms with van der Waals surface area (Å²) < 4.78 is 25.4. The molecule has 0 amide bonds. The Labute approximate surface area is 331 Å². The van der Waals surface area contributed by atoms with E-state index in [0.29, 0.717) is 44.9 Å². The monoisotopic (exact) mass is 800 g/mol. The summed E-state index contributed by atoms with van der Waals surface area (Å²) in [4.78, 5) is 0. The number of fused-ring (bicyclic) bond motifs is 5. The van der Waals surface area contributed by atoms with E-state index in [2.05, 4.69) is 26.8 Å². The molecule has 10 N–H and O–H groups in total. The lowest BCUT2D eigenvalue weighted by Gasteiger charge is -2.72. The second-order valence-electron chi connectivity index (χ2n) is 20.2. The van der Waals surface area contributed by atoms with Crippen LogP contribution >= 0.6 is 0 Å². The summed E-state index contributed by atoms with van der Waals surface area (Å²) in [5.74, 6) is -0.781. The highest BCUT2D eigenvalue weighted by Gasteiger charge is 2.74. The highest BCUT2D eigenvalue weighted by Crippen LogP contribution is 2.76. The van der Waals surface area contributed by atoms with Crippen molar-refractivity contribution < 1.29 is 70.0 Å². The number of hydrogen-bond donors (Lipinski definition) is 10. The first-order valence-corrected chi connectivity index (χ1v) is 21.0. The minimum absolute atomic E-state index is 0.000258. The van der Waals surface area contributed by atoms with Crippen molar-refractivity contribution in [3.63, 3.8) is 0 Å². The highest BCUT2D eigenvalue weighted by atomic mass is 16.7. The summed E-state index contributed by atoms with van der Waals surface area (Å²) in [6.45, 7) is 15.7. The summed E-state index contributed by atoms with van der Waals surface area (Å²) in [6, 6.07) is 0. The quantitative estimate of drug-likeness (QED) is 0.110. The van der Waals surface area contributed by atoms with Crippen molar-refractivity contribution in [1.29, 1.82) is 0 Å². The maximum Gasteiger partial charge on any atom is 0.187 e. The van der Waals surface area contributed by atoms with Gasteiger partial charge in [-0.1, -0.05) is 46.3 Å². The predicted molar refractivity (Wildman–Crippen MR) is 202 cm³/mol. The summed E-state index contributed by atoms with van der Waals surface area (Å²) in [7, 11) is 0. The second kappa shape index (κ2) is 15.9. The minimum atomic E-state index is -1.61. The van der Waals surface area contributed by atoms with E-state index in [9.17, 15) is 51.1 Å². The van der Waals surface area contributed by atoms with Gasteiger partial charge in [-0.25, -0.2) is 0 Å². The number of hydrogen-bond acceptors (Lipinski definition) is 14. The average molecular weight is 801 g/mol. The van der Waals surface area contributed by atoms with E-state index < -0.39 is 120 Å². The first-order valence-electron chi connectivity index (χ1n) is 21.0. The normalized spacial score (nSPS) is 52.6. The van der Waals surface area contributed by atoms with E-state index in [4.69, 9.17) is 18.9 Å². The third-order valence-corrected chi connectivity index (χ3v) is 16.6. The fraction of sp³-hybridized carbons (Fsp3) is 0.952.